The van der Waals surface area contributed by atoms with Crippen molar-refractivity contribution in [3.8, 4) is 0 Å². The first kappa shape index (κ1) is 17.1. The average Bonchev–Trinajstić information content (AvgIpc) is 2.42. The Morgan fingerprint density at radius 2 is 2.10 bits per heavy atom. The molecule has 0 saturated carbocycles. The Balaban J connectivity index is 2.40. The first-order valence-electron chi connectivity index (χ1n) is 6.83. The third kappa shape index (κ3) is 6.85. The molecule has 1 rings (SSSR count). The summed E-state index contributed by atoms with van der Waals surface area (Å²) in [5.41, 5.74) is 0.411. The summed E-state index contributed by atoms with van der Waals surface area (Å²) in [4.78, 5) is 24.8. The first-order chi connectivity index (χ1) is 10.0. The van der Waals surface area contributed by atoms with Crippen molar-refractivity contribution >= 4 is 17.5 Å². The largest absolute Gasteiger partial charge is 0.385 e. The molecule has 0 spiro atoms. The summed E-state index contributed by atoms with van der Waals surface area (Å²) in [5.74, 6) is -0.735. The second kappa shape index (κ2) is 9.07. The quantitative estimate of drug-likeness (QED) is 0.747. The van der Waals surface area contributed by atoms with Crippen LogP contribution < -0.4 is 5.32 Å². The molecule has 0 aliphatic rings. The van der Waals surface area contributed by atoms with Gasteiger partial charge in [0.05, 0.1) is 0 Å². The lowest BCUT2D eigenvalue weighted by Crippen LogP contribution is -2.33. The van der Waals surface area contributed by atoms with Crippen LogP contribution in [0.25, 0.3) is 0 Å². The molecule has 0 aliphatic carbocycles. The van der Waals surface area contributed by atoms with Gasteiger partial charge < -0.3 is 15.0 Å². The lowest BCUT2D eigenvalue weighted by atomic mass is 10.3. The van der Waals surface area contributed by atoms with E-state index in [2.05, 4.69) is 5.32 Å². The fourth-order valence-corrected chi connectivity index (χ4v) is 1.85. The molecule has 1 N–H and O–H groups in total. The van der Waals surface area contributed by atoms with Gasteiger partial charge in [0.25, 0.3) is 0 Å². The number of anilines is 1. The van der Waals surface area contributed by atoms with Crippen LogP contribution in [0.15, 0.2) is 24.3 Å². The van der Waals surface area contributed by atoms with E-state index in [1.807, 2.05) is 0 Å². The van der Waals surface area contributed by atoms with E-state index in [9.17, 15) is 14.0 Å². The molecule has 0 saturated heterocycles. The molecule has 0 atom stereocenters. The molecule has 0 bridgehead atoms. The van der Waals surface area contributed by atoms with Crippen molar-refractivity contribution in [1.29, 1.82) is 0 Å². The zero-order valence-corrected chi connectivity index (χ0v) is 12.4. The standard InChI is InChI=1S/C15H21FN2O3/c1-12(19)18(8-4-10-21-2)9-7-15(20)17-14-6-3-5-13(16)11-14/h3,5-6,11H,4,7-10H2,1-2H3,(H,17,20). The van der Waals surface area contributed by atoms with E-state index in [0.29, 0.717) is 25.4 Å². The Morgan fingerprint density at radius 3 is 2.71 bits per heavy atom. The molecule has 1 aromatic rings. The van der Waals surface area contributed by atoms with Crippen LogP contribution in [-0.4, -0.2) is 43.5 Å². The lowest BCUT2D eigenvalue weighted by Gasteiger charge is -2.20. The number of halogens is 1. The smallest absolute Gasteiger partial charge is 0.226 e. The number of nitrogens with zero attached hydrogens (tertiary/aromatic N) is 1. The summed E-state index contributed by atoms with van der Waals surface area (Å²) in [6.45, 7) is 2.92. The second-order valence-corrected chi connectivity index (χ2v) is 4.66. The van der Waals surface area contributed by atoms with Crippen molar-refractivity contribution in [2.24, 2.45) is 0 Å². The van der Waals surface area contributed by atoms with Crippen LogP contribution in [0.1, 0.15) is 19.8 Å². The number of carbonyl (C=O) groups excluding carboxylic acids is 2. The maximum absolute atomic E-state index is 13.0. The van der Waals surface area contributed by atoms with Crippen LogP contribution in [0, 0.1) is 5.82 Å². The molecule has 0 radical (unpaired) electrons. The molecule has 116 valence electrons. The number of ether oxygens (including phenoxy) is 1. The first-order valence-corrected chi connectivity index (χ1v) is 6.83. The van der Waals surface area contributed by atoms with Crippen molar-refractivity contribution < 1.29 is 18.7 Å². The van der Waals surface area contributed by atoms with E-state index in [1.165, 1.54) is 25.1 Å². The SMILES string of the molecule is COCCCN(CCC(=O)Nc1cccc(F)c1)C(C)=O. The van der Waals surface area contributed by atoms with Gasteiger partial charge in [-0.05, 0) is 24.6 Å². The predicted molar refractivity (Wildman–Crippen MR) is 78.4 cm³/mol. The number of hydrogen-bond acceptors (Lipinski definition) is 3. The van der Waals surface area contributed by atoms with Crippen molar-refractivity contribution in [1.82, 2.24) is 4.90 Å². The molecule has 5 nitrogen and oxygen atoms in total. The molecule has 0 unspecified atom stereocenters. The van der Waals surface area contributed by atoms with Crippen LogP contribution in [0.3, 0.4) is 0 Å². The lowest BCUT2D eigenvalue weighted by molar-refractivity contribution is -0.129. The summed E-state index contributed by atoms with van der Waals surface area (Å²) in [5, 5.41) is 2.60. The summed E-state index contributed by atoms with van der Waals surface area (Å²) in [6.07, 6.45) is 0.894. The number of amides is 2. The highest BCUT2D eigenvalue weighted by Crippen LogP contribution is 2.09. The summed E-state index contributed by atoms with van der Waals surface area (Å²) >= 11 is 0. The van der Waals surface area contributed by atoms with Gasteiger partial charge in [-0.25, -0.2) is 4.39 Å². The van der Waals surface area contributed by atoms with Crippen LogP contribution in [0.5, 0.6) is 0 Å². The van der Waals surface area contributed by atoms with Gasteiger partial charge in [-0.1, -0.05) is 6.07 Å². The third-order valence-corrected chi connectivity index (χ3v) is 2.94. The zero-order valence-electron chi connectivity index (χ0n) is 12.4. The Hall–Kier alpha value is -1.95. The highest BCUT2D eigenvalue weighted by Gasteiger charge is 2.11. The Morgan fingerprint density at radius 1 is 1.33 bits per heavy atom. The summed E-state index contributed by atoms with van der Waals surface area (Å²) in [6, 6.07) is 5.70. The van der Waals surface area contributed by atoms with E-state index in [4.69, 9.17) is 4.74 Å². The third-order valence-electron chi connectivity index (χ3n) is 2.94. The molecule has 2 amide bonds. The Labute approximate surface area is 124 Å². The second-order valence-electron chi connectivity index (χ2n) is 4.66. The molecule has 6 heteroatoms. The van der Waals surface area contributed by atoms with Crippen molar-refractivity contribution in [3.05, 3.63) is 30.1 Å². The number of nitrogens with one attached hydrogen (secondary N) is 1. The normalized spacial score (nSPS) is 10.2. The Kier molecular flexibility index (Phi) is 7.39. The molecular formula is C15H21FN2O3. The van der Waals surface area contributed by atoms with Gasteiger partial charge in [0.1, 0.15) is 5.82 Å². The minimum atomic E-state index is -0.405. The van der Waals surface area contributed by atoms with E-state index in [0.717, 1.165) is 6.42 Å². The fourth-order valence-electron chi connectivity index (χ4n) is 1.85. The number of benzene rings is 1. The van der Waals surface area contributed by atoms with Gasteiger partial charge >= 0.3 is 0 Å². The van der Waals surface area contributed by atoms with Gasteiger partial charge in [0.2, 0.25) is 11.8 Å². The van der Waals surface area contributed by atoms with Crippen molar-refractivity contribution in [3.63, 3.8) is 0 Å². The van der Waals surface area contributed by atoms with Gasteiger partial charge in [0.15, 0.2) is 0 Å². The minimum Gasteiger partial charge on any atom is -0.385 e. The van der Waals surface area contributed by atoms with Crippen molar-refractivity contribution in [2.75, 3.05) is 32.1 Å². The number of hydrogen-bond donors (Lipinski definition) is 1. The van der Waals surface area contributed by atoms with Crippen LogP contribution in [-0.2, 0) is 14.3 Å². The summed E-state index contributed by atoms with van der Waals surface area (Å²) < 4.78 is 17.9. The Bertz CT molecular complexity index is 480. The van der Waals surface area contributed by atoms with Crippen molar-refractivity contribution in [2.45, 2.75) is 19.8 Å². The highest BCUT2D eigenvalue weighted by atomic mass is 19.1. The maximum Gasteiger partial charge on any atom is 0.226 e. The van der Waals surface area contributed by atoms with Gasteiger partial charge in [-0.2, -0.15) is 0 Å². The van der Waals surface area contributed by atoms with E-state index in [1.54, 1.807) is 18.1 Å². The number of rotatable bonds is 8. The molecular weight excluding hydrogens is 275 g/mol. The number of carbonyl (C=O) groups is 2. The van der Waals surface area contributed by atoms with E-state index < -0.39 is 5.82 Å². The predicted octanol–water partition coefficient (Wildman–Crippen LogP) is 2.04. The van der Waals surface area contributed by atoms with Gasteiger partial charge in [0, 0.05) is 45.8 Å². The van der Waals surface area contributed by atoms with Gasteiger partial charge in [-0.15, -0.1) is 0 Å². The highest BCUT2D eigenvalue weighted by molar-refractivity contribution is 5.91. The molecule has 0 heterocycles. The number of methoxy groups -OCH3 is 1. The average molecular weight is 296 g/mol. The molecule has 1 aromatic carbocycles. The maximum atomic E-state index is 13.0. The van der Waals surface area contributed by atoms with Crippen LogP contribution in [0.4, 0.5) is 10.1 Å². The fraction of sp³-hybridized carbons (Fsp3) is 0.467. The molecule has 0 fully saturated rings. The van der Waals surface area contributed by atoms with E-state index >= 15 is 0 Å². The topological polar surface area (TPSA) is 58.6 Å². The van der Waals surface area contributed by atoms with Crippen LogP contribution in [0.2, 0.25) is 0 Å². The molecule has 21 heavy (non-hydrogen) atoms. The van der Waals surface area contributed by atoms with E-state index in [-0.39, 0.29) is 18.2 Å². The summed E-state index contributed by atoms with van der Waals surface area (Å²) in [7, 11) is 1.60. The van der Waals surface area contributed by atoms with Gasteiger partial charge in [-0.3, -0.25) is 9.59 Å². The monoisotopic (exact) mass is 296 g/mol. The minimum absolute atomic E-state index is 0.0790. The molecule has 0 aliphatic heterocycles. The zero-order chi connectivity index (χ0) is 15.7. The van der Waals surface area contributed by atoms with Crippen LogP contribution >= 0.6 is 0 Å². The molecule has 0 aromatic heterocycles.